The highest BCUT2D eigenvalue weighted by molar-refractivity contribution is 5.94. The van der Waals surface area contributed by atoms with Crippen LogP contribution < -0.4 is 4.90 Å². The summed E-state index contributed by atoms with van der Waals surface area (Å²) in [4.78, 5) is 20.4. The molecule has 1 saturated heterocycles. The highest BCUT2D eigenvalue weighted by Crippen LogP contribution is 2.24. The monoisotopic (exact) mass is 256 g/mol. The molecule has 0 aromatic carbocycles. The minimum absolute atomic E-state index is 0.0288. The molecular weight excluding hydrogens is 244 g/mol. The second kappa shape index (κ2) is 5.38. The van der Waals surface area contributed by atoms with Gasteiger partial charge < -0.3 is 0 Å². The summed E-state index contributed by atoms with van der Waals surface area (Å²) in [5.41, 5.74) is 9.39. The molecule has 0 radical (unpaired) electrons. The van der Waals surface area contributed by atoms with Crippen LogP contribution in [0.3, 0.4) is 0 Å². The molecule has 2 heterocycles. The van der Waals surface area contributed by atoms with E-state index in [2.05, 4.69) is 15.0 Å². The third kappa shape index (κ3) is 2.64. The van der Waals surface area contributed by atoms with Gasteiger partial charge in [0.2, 0.25) is 5.91 Å². The van der Waals surface area contributed by atoms with E-state index >= 15 is 0 Å². The highest BCUT2D eigenvalue weighted by atomic mass is 16.2. The molecule has 0 aliphatic carbocycles. The highest BCUT2D eigenvalue weighted by Gasteiger charge is 2.30. The zero-order valence-corrected chi connectivity index (χ0v) is 10.4. The van der Waals surface area contributed by atoms with E-state index in [1.807, 2.05) is 6.07 Å². The Morgan fingerprint density at radius 2 is 2.47 bits per heavy atom. The van der Waals surface area contributed by atoms with Crippen LogP contribution in [0.5, 0.6) is 0 Å². The zero-order valence-electron chi connectivity index (χ0n) is 10.4. The van der Waals surface area contributed by atoms with Crippen molar-refractivity contribution < 1.29 is 4.79 Å². The molecule has 1 fully saturated rings. The summed E-state index contributed by atoms with van der Waals surface area (Å²) in [7, 11) is 0. The van der Waals surface area contributed by atoms with E-state index in [9.17, 15) is 4.79 Å². The summed E-state index contributed by atoms with van der Waals surface area (Å²) < 4.78 is 0. The quantitative estimate of drug-likeness (QED) is 0.468. The van der Waals surface area contributed by atoms with E-state index in [4.69, 9.17) is 10.8 Å². The minimum Gasteiger partial charge on any atom is -0.297 e. The molecule has 1 amide bonds. The molecule has 1 unspecified atom stereocenters. The van der Waals surface area contributed by atoms with E-state index in [1.54, 1.807) is 24.0 Å². The Morgan fingerprint density at radius 1 is 1.68 bits per heavy atom. The first-order chi connectivity index (χ1) is 9.15. The molecule has 1 aromatic rings. The number of azide groups is 1. The van der Waals surface area contributed by atoms with Crippen LogP contribution in [-0.2, 0) is 4.79 Å². The summed E-state index contributed by atoms with van der Waals surface area (Å²) in [6, 6.07) is 5.36. The van der Waals surface area contributed by atoms with Crippen molar-refractivity contribution in [2.45, 2.75) is 13.3 Å². The maximum Gasteiger partial charge on any atom is 0.228 e. The zero-order chi connectivity index (χ0) is 13.8. The standard InChI is InChI=1S/C12H12N6O/c1-8-10(5-13)2-3-11(16-8)18-7-9(4-12(18)19)6-15-17-14/h2-3,9H,4,6-7H2,1H3. The molecule has 0 N–H and O–H groups in total. The first kappa shape index (κ1) is 12.9. The van der Waals surface area contributed by atoms with Gasteiger partial charge in [0, 0.05) is 24.4 Å². The second-order valence-electron chi connectivity index (χ2n) is 4.40. The lowest BCUT2D eigenvalue weighted by atomic mass is 10.1. The van der Waals surface area contributed by atoms with Gasteiger partial charge >= 0.3 is 0 Å². The van der Waals surface area contributed by atoms with Gasteiger partial charge in [-0.25, -0.2) is 4.98 Å². The Hall–Kier alpha value is -2.58. The normalized spacial score (nSPS) is 18.0. The Morgan fingerprint density at radius 3 is 3.11 bits per heavy atom. The first-order valence-electron chi connectivity index (χ1n) is 5.84. The van der Waals surface area contributed by atoms with E-state index in [-0.39, 0.29) is 11.8 Å². The summed E-state index contributed by atoms with van der Waals surface area (Å²) in [5.74, 6) is 0.542. The fourth-order valence-electron chi connectivity index (χ4n) is 2.09. The molecule has 19 heavy (non-hydrogen) atoms. The fraction of sp³-hybridized carbons (Fsp3) is 0.417. The number of carbonyl (C=O) groups excluding carboxylic acids is 1. The smallest absolute Gasteiger partial charge is 0.228 e. The third-order valence-corrected chi connectivity index (χ3v) is 3.08. The van der Waals surface area contributed by atoms with Crippen molar-refractivity contribution in [1.29, 1.82) is 5.26 Å². The number of amides is 1. The second-order valence-corrected chi connectivity index (χ2v) is 4.40. The average Bonchev–Trinajstić information content (AvgIpc) is 2.77. The lowest BCUT2D eigenvalue weighted by molar-refractivity contribution is -0.117. The number of hydrogen-bond acceptors (Lipinski definition) is 4. The van der Waals surface area contributed by atoms with Gasteiger partial charge in [0.1, 0.15) is 11.9 Å². The number of aryl methyl sites for hydroxylation is 1. The van der Waals surface area contributed by atoms with Crippen molar-refractivity contribution in [1.82, 2.24) is 4.98 Å². The summed E-state index contributed by atoms with van der Waals surface area (Å²) in [6.07, 6.45) is 0.361. The molecular formula is C12H12N6O. The van der Waals surface area contributed by atoms with Gasteiger partial charge in [0.05, 0.1) is 11.3 Å². The maximum absolute atomic E-state index is 11.9. The molecule has 1 aliphatic rings. The SMILES string of the molecule is Cc1nc(N2CC(CN=[N+]=[N-])CC2=O)ccc1C#N. The van der Waals surface area contributed by atoms with Crippen molar-refractivity contribution in [2.24, 2.45) is 11.0 Å². The van der Waals surface area contributed by atoms with Crippen LogP contribution in [0.25, 0.3) is 10.4 Å². The topological polar surface area (TPSA) is 106 Å². The van der Waals surface area contributed by atoms with Gasteiger partial charge in [0.15, 0.2) is 0 Å². The minimum atomic E-state index is -0.0326. The van der Waals surface area contributed by atoms with E-state index in [0.717, 1.165) is 0 Å². The van der Waals surface area contributed by atoms with Gasteiger partial charge in [-0.15, -0.1) is 0 Å². The molecule has 1 aliphatic heterocycles. The van der Waals surface area contributed by atoms with Crippen LogP contribution in [0.1, 0.15) is 17.7 Å². The first-order valence-corrected chi connectivity index (χ1v) is 5.84. The number of nitrogens with zero attached hydrogens (tertiary/aromatic N) is 6. The maximum atomic E-state index is 11.9. The van der Waals surface area contributed by atoms with Gasteiger partial charge in [-0.2, -0.15) is 5.26 Å². The van der Waals surface area contributed by atoms with Gasteiger partial charge in [-0.1, -0.05) is 5.11 Å². The van der Waals surface area contributed by atoms with Crippen molar-refractivity contribution in [3.05, 3.63) is 33.8 Å². The van der Waals surface area contributed by atoms with Gasteiger partial charge in [-0.3, -0.25) is 9.69 Å². The molecule has 1 aromatic heterocycles. The van der Waals surface area contributed by atoms with Gasteiger partial charge in [-0.05, 0) is 30.5 Å². The average molecular weight is 256 g/mol. The number of nitriles is 1. The molecule has 0 saturated carbocycles. The molecule has 0 spiro atoms. The Bertz CT molecular complexity index is 599. The van der Waals surface area contributed by atoms with Crippen LogP contribution in [-0.4, -0.2) is 24.0 Å². The summed E-state index contributed by atoms with van der Waals surface area (Å²) in [6.45, 7) is 2.55. The van der Waals surface area contributed by atoms with E-state index in [0.29, 0.717) is 36.6 Å². The number of anilines is 1. The predicted octanol–water partition coefficient (Wildman–Crippen LogP) is 1.92. The number of carbonyl (C=O) groups is 1. The Kier molecular flexibility index (Phi) is 3.64. The van der Waals surface area contributed by atoms with Crippen molar-refractivity contribution in [2.75, 3.05) is 18.0 Å². The van der Waals surface area contributed by atoms with Crippen LogP contribution in [0, 0.1) is 24.2 Å². The van der Waals surface area contributed by atoms with Crippen LogP contribution in [0.2, 0.25) is 0 Å². The Labute approximate surface area is 110 Å². The predicted molar refractivity (Wildman–Crippen MR) is 68.2 cm³/mol. The van der Waals surface area contributed by atoms with E-state index < -0.39 is 0 Å². The molecule has 1 atom stereocenters. The molecule has 96 valence electrons. The number of aromatic nitrogens is 1. The Balaban J connectivity index is 2.19. The number of hydrogen-bond donors (Lipinski definition) is 0. The van der Waals surface area contributed by atoms with Crippen molar-refractivity contribution >= 4 is 11.7 Å². The third-order valence-electron chi connectivity index (χ3n) is 3.08. The largest absolute Gasteiger partial charge is 0.297 e. The molecule has 0 bridgehead atoms. The molecule has 7 heteroatoms. The van der Waals surface area contributed by atoms with Crippen LogP contribution >= 0.6 is 0 Å². The van der Waals surface area contributed by atoms with Crippen molar-refractivity contribution in [3.63, 3.8) is 0 Å². The summed E-state index contributed by atoms with van der Waals surface area (Å²) >= 11 is 0. The van der Waals surface area contributed by atoms with Crippen LogP contribution in [0.15, 0.2) is 17.2 Å². The number of rotatable bonds is 3. The summed E-state index contributed by atoms with van der Waals surface area (Å²) in [5, 5.41) is 12.3. The lowest BCUT2D eigenvalue weighted by Gasteiger charge is -2.16. The number of pyridine rings is 1. The lowest BCUT2D eigenvalue weighted by Crippen LogP contribution is -2.26. The fourth-order valence-corrected chi connectivity index (χ4v) is 2.09. The van der Waals surface area contributed by atoms with E-state index in [1.165, 1.54) is 0 Å². The van der Waals surface area contributed by atoms with Crippen LogP contribution in [0.4, 0.5) is 5.82 Å². The van der Waals surface area contributed by atoms with Crippen molar-refractivity contribution in [3.8, 4) is 6.07 Å². The molecule has 2 rings (SSSR count). The molecule has 7 nitrogen and oxygen atoms in total. The van der Waals surface area contributed by atoms with Gasteiger partial charge in [0.25, 0.3) is 0 Å².